The highest BCUT2D eigenvalue weighted by molar-refractivity contribution is 6.27. The Morgan fingerprint density at radius 2 is 1.54 bits per heavy atom. The number of aliphatic carboxylic acids is 2. The monoisotopic (exact) mass is 346 g/mol. The van der Waals surface area contributed by atoms with Gasteiger partial charge < -0.3 is 25.4 Å². The number of carboxylic acids is 2. The zero-order valence-electron chi connectivity index (χ0n) is 13.6. The molecular weight excluding hydrogens is 320 g/mol. The molecule has 0 radical (unpaired) electrons. The first-order chi connectivity index (χ1) is 11.4. The van der Waals surface area contributed by atoms with E-state index < -0.39 is 11.9 Å². The van der Waals surface area contributed by atoms with Gasteiger partial charge in [-0.2, -0.15) is 0 Å². The Bertz CT molecular complexity index is 404. The molecule has 0 aromatic heterocycles. The number of carbonyl (C=O) groups is 3. The first-order valence-electron chi connectivity index (χ1n) is 8.12. The third-order valence-electron chi connectivity index (χ3n) is 4.08. The maximum absolute atomic E-state index is 11.9. The van der Waals surface area contributed by atoms with Gasteiger partial charge in [0, 0.05) is 32.1 Å². The summed E-state index contributed by atoms with van der Waals surface area (Å²) in [5, 5.41) is 27.2. The smallest absolute Gasteiger partial charge is 0.414 e. The lowest BCUT2D eigenvalue weighted by molar-refractivity contribution is -0.159. The normalized spacial score (nSPS) is 24.4. The standard InChI is InChI=1S/C13H24N2O3.C2H2O4/c16-12-3-1-11(2-4-12)13(17)14-5-6-15-7-9-18-10-8-15;3-1(4)2(5)6/h11-12,16H,1-10H2,(H,14,17);(H,3,4)(H,5,6)/t11-,12-;. The molecule has 24 heavy (non-hydrogen) atoms. The lowest BCUT2D eigenvalue weighted by atomic mass is 9.87. The van der Waals surface area contributed by atoms with Crippen LogP contribution in [0.3, 0.4) is 0 Å². The molecule has 1 saturated heterocycles. The van der Waals surface area contributed by atoms with Crippen LogP contribution in [-0.4, -0.2) is 83.6 Å². The molecule has 0 aromatic rings. The van der Waals surface area contributed by atoms with Crippen LogP contribution in [0.2, 0.25) is 0 Å². The molecule has 0 spiro atoms. The van der Waals surface area contributed by atoms with Crippen LogP contribution in [0.25, 0.3) is 0 Å². The molecule has 1 amide bonds. The van der Waals surface area contributed by atoms with Gasteiger partial charge in [0.25, 0.3) is 0 Å². The molecule has 1 heterocycles. The molecule has 1 aliphatic heterocycles. The first-order valence-corrected chi connectivity index (χ1v) is 8.12. The van der Waals surface area contributed by atoms with E-state index in [1.54, 1.807) is 0 Å². The summed E-state index contributed by atoms with van der Waals surface area (Å²) in [6.45, 7) is 5.15. The van der Waals surface area contributed by atoms with E-state index in [0.29, 0.717) is 0 Å². The predicted octanol–water partition coefficient (Wildman–Crippen LogP) is -0.858. The van der Waals surface area contributed by atoms with Crippen LogP contribution < -0.4 is 5.32 Å². The molecule has 0 atom stereocenters. The lowest BCUT2D eigenvalue weighted by Crippen LogP contribution is -2.42. The Morgan fingerprint density at radius 1 is 1.00 bits per heavy atom. The van der Waals surface area contributed by atoms with E-state index in [0.717, 1.165) is 65.1 Å². The first kappa shape index (κ1) is 20.3. The molecule has 2 rings (SSSR count). The van der Waals surface area contributed by atoms with Crippen molar-refractivity contribution in [3.63, 3.8) is 0 Å². The second kappa shape index (κ2) is 11.0. The third kappa shape index (κ3) is 8.23. The molecule has 0 bridgehead atoms. The fourth-order valence-corrected chi connectivity index (χ4v) is 2.64. The highest BCUT2D eigenvalue weighted by Crippen LogP contribution is 2.24. The second-order valence-electron chi connectivity index (χ2n) is 5.86. The van der Waals surface area contributed by atoms with E-state index in [1.165, 1.54) is 0 Å². The van der Waals surface area contributed by atoms with Gasteiger partial charge in [0.1, 0.15) is 0 Å². The molecule has 2 fully saturated rings. The fourth-order valence-electron chi connectivity index (χ4n) is 2.64. The number of hydrogen-bond donors (Lipinski definition) is 4. The second-order valence-corrected chi connectivity index (χ2v) is 5.86. The van der Waals surface area contributed by atoms with Crippen LogP contribution in [0.1, 0.15) is 25.7 Å². The topological polar surface area (TPSA) is 136 Å². The van der Waals surface area contributed by atoms with Crippen LogP contribution in [0.5, 0.6) is 0 Å². The number of carbonyl (C=O) groups excluding carboxylic acids is 1. The minimum atomic E-state index is -1.82. The van der Waals surface area contributed by atoms with Crippen molar-refractivity contribution in [1.29, 1.82) is 0 Å². The maximum atomic E-state index is 11.9. The SMILES string of the molecule is O=C(NCCN1CCOCC1)[C@H]1CC[C@H](O)CC1.O=C(O)C(=O)O. The average Bonchev–Trinajstić information content (AvgIpc) is 2.57. The van der Waals surface area contributed by atoms with Crippen LogP contribution in [-0.2, 0) is 19.1 Å². The van der Waals surface area contributed by atoms with Gasteiger partial charge in [0.2, 0.25) is 5.91 Å². The van der Waals surface area contributed by atoms with E-state index in [1.807, 2.05) is 0 Å². The molecule has 4 N–H and O–H groups in total. The molecule has 1 aliphatic carbocycles. The predicted molar refractivity (Wildman–Crippen MR) is 83.5 cm³/mol. The summed E-state index contributed by atoms with van der Waals surface area (Å²) >= 11 is 0. The van der Waals surface area contributed by atoms with Crippen LogP contribution in [0, 0.1) is 5.92 Å². The minimum Gasteiger partial charge on any atom is -0.473 e. The molecule has 9 heteroatoms. The molecule has 138 valence electrons. The number of nitrogens with zero attached hydrogens (tertiary/aromatic N) is 1. The summed E-state index contributed by atoms with van der Waals surface area (Å²) in [7, 11) is 0. The van der Waals surface area contributed by atoms with E-state index in [9.17, 15) is 9.90 Å². The van der Waals surface area contributed by atoms with Gasteiger partial charge in [-0.25, -0.2) is 9.59 Å². The Balaban J connectivity index is 0.000000413. The molecule has 9 nitrogen and oxygen atoms in total. The van der Waals surface area contributed by atoms with Gasteiger partial charge in [-0.1, -0.05) is 0 Å². The zero-order valence-corrected chi connectivity index (χ0v) is 13.6. The Kier molecular flexibility index (Phi) is 9.28. The summed E-state index contributed by atoms with van der Waals surface area (Å²) in [4.78, 5) is 32.4. The Morgan fingerprint density at radius 3 is 2.04 bits per heavy atom. The minimum absolute atomic E-state index is 0.109. The number of aliphatic hydroxyl groups is 1. The van der Waals surface area contributed by atoms with Gasteiger partial charge in [0.05, 0.1) is 19.3 Å². The largest absolute Gasteiger partial charge is 0.473 e. The third-order valence-corrected chi connectivity index (χ3v) is 4.08. The number of nitrogens with one attached hydrogen (secondary N) is 1. The van der Waals surface area contributed by atoms with Crippen molar-refractivity contribution in [2.75, 3.05) is 39.4 Å². The van der Waals surface area contributed by atoms with Gasteiger partial charge in [-0.05, 0) is 25.7 Å². The lowest BCUT2D eigenvalue weighted by Gasteiger charge is -2.27. The van der Waals surface area contributed by atoms with Crippen molar-refractivity contribution in [3.05, 3.63) is 0 Å². The van der Waals surface area contributed by atoms with Gasteiger partial charge in [-0.15, -0.1) is 0 Å². The van der Waals surface area contributed by atoms with Gasteiger partial charge in [-0.3, -0.25) is 9.69 Å². The molecule has 0 aromatic carbocycles. The highest BCUT2D eigenvalue weighted by atomic mass is 16.5. The van der Waals surface area contributed by atoms with Crippen molar-refractivity contribution in [1.82, 2.24) is 10.2 Å². The maximum Gasteiger partial charge on any atom is 0.414 e. The number of amides is 1. The van der Waals surface area contributed by atoms with Crippen molar-refractivity contribution < 1.29 is 34.4 Å². The zero-order chi connectivity index (χ0) is 17.9. The summed E-state index contributed by atoms with van der Waals surface area (Å²) in [5.41, 5.74) is 0. The number of morpholine rings is 1. The van der Waals surface area contributed by atoms with Crippen LogP contribution in [0.4, 0.5) is 0 Å². The number of carboxylic acid groups (broad SMARTS) is 2. The van der Waals surface area contributed by atoms with Crippen LogP contribution in [0.15, 0.2) is 0 Å². The van der Waals surface area contributed by atoms with Gasteiger partial charge >= 0.3 is 11.9 Å². The molecule has 0 unspecified atom stereocenters. The number of aliphatic hydroxyl groups excluding tert-OH is 1. The number of rotatable bonds is 4. The quantitative estimate of drug-likeness (QED) is 0.483. The van der Waals surface area contributed by atoms with E-state index in [-0.39, 0.29) is 17.9 Å². The number of hydrogen-bond acceptors (Lipinski definition) is 6. The summed E-state index contributed by atoms with van der Waals surface area (Å²) in [6.07, 6.45) is 2.99. The van der Waals surface area contributed by atoms with Crippen LogP contribution >= 0.6 is 0 Å². The Labute approximate surface area is 140 Å². The van der Waals surface area contributed by atoms with E-state index >= 15 is 0 Å². The summed E-state index contributed by atoms with van der Waals surface area (Å²) in [5.74, 6) is -3.38. The highest BCUT2D eigenvalue weighted by Gasteiger charge is 2.24. The van der Waals surface area contributed by atoms with Crippen molar-refractivity contribution in [2.45, 2.75) is 31.8 Å². The van der Waals surface area contributed by atoms with E-state index in [4.69, 9.17) is 24.5 Å². The van der Waals surface area contributed by atoms with E-state index in [2.05, 4.69) is 10.2 Å². The molecule has 2 aliphatic rings. The van der Waals surface area contributed by atoms with Crippen molar-refractivity contribution in [3.8, 4) is 0 Å². The van der Waals surface area contributed by atoms with Gasteiger partial charge in [0.15, 0.2) is 0 Å². The average molecular weight is 346 g/mol. The molecule has 1 saturated carbocycles. The van der Waals surface area contributed by atoms with Crippen molar-refractivity contribution in [2.24, 2.45) is 5.92 Å². The van der Waals surface area contributed by atoms with Crippen molar-refractivity contribution >= 4 is 17.8 Å². The Hall–Kier alpha value is -1.71. The summed E-state index contributed by atoms with van der Waals surface area (Å²) in [6, 6.07) is 0. The fraction of sp³-hybridized carbons (Fsp3) is 0.800. The summed E-state index contributed by atoms with van der Waals surface area (Å²) < 4.78 is 5.28. The number of ether oxygens (including phenoxy) is 1. The molecular formula is C15H26N2O7.